The third-order valence-electron chi connectivity index (χ3n) is 5.76. The van der Waals surface area contributed by atoms with Crippen LogP contribution in [0.4, 0.5) is 5.69 Å². The van der Waals surface area contributed by atoms with E-state index in [1.54, 1.807) is 24.3 Å². The van der Waals surface area contributed by atoms with Crippen LogP contribution in [-0.4, -0.2) is 47.7 Å². The van der Waals surface area contributed by atoms with Crippen LogP contribution >= 0.6 is 0 Å². The van der Waals surface area contributed by atoms with Gasteiger partial charge in [-0.25, -0.2) is 4.99 Å². The minimum atomic E-state index is -0.0409. The van der Waals surface area contributed by atoms with Gasteiger partial charge in [-0.15, -0.1) is 0 Å². The van der Waals surface area contributed by atoms with E-state index in [4.69, 9.17) is 15.0 Å². The molecule has 5 rings (SSSR count). The van der Waals surface area contributed by atoms with E-state index in [1.165, 1.54) is 0 Å². The first-order valence-corrected chi connectivity index (χ1v) is 10.7. The zero-order valence-corrected chi connectivity index (χ0v) is 17.6. The van der Waals surface area contributed by atoms with Gasteiger partial charge >= 0.3 is 0 Å². The zero-order chi connectivity index (χ0) is 21.9. The van der Waals surface area contributed by atoms with Gasteiger partial charge in [-0.3, -0.25) is 4.79 Å². The summed E-state index contributed by atoms with van der Waals surface area (Å²) in [4.78, 5) is 22.1. The van der Waals surface area contributed by atoms with E-state index < -0.39 is 0 Å². The van der Waals surface area contributed by atoms with Crippen LogP contribution in [0, 0.1) is 11.3 Å². The van der Waals surface area contributed by atoms with Crippen molar-refractivity contribution in [3.05, 3.63) is 89.5 Å². The van der Waals surface area contributed by atoms with Crippen molar-refractivity contribution in [1.29, 1.82) is 5.26 Å². The van der Waals surface area contributed by atoms with Gasteiger partial charge in [0.2, 0.25) is 0 Å². The number of benzene rings is 3. The molecule has 2 aliphatic rings. The minimum Gasteiger partial charge on any atom is -0.454 e. The number of nitrogens with zero attached hydrogens (tertiary/aromatic N) is 4. The largest absolute Gasteiger partial charge is 0.454 e. The summed E-state index contributed by atoms with van der Waals surface area (Å²) in [5.41, 5.74) is 2.79. The fourth-order valence-corrected chi connectivity index (χ4v) is 4.15. The average molecular weight is 422 g/mol. The molecule has 2 heterocycles. The Labute approximate surface area is 187 Å². The smallest absolute Gasteiger partial charge is 0.253 e. The Morgan fingerprint density at radius 1 is 0.906 bits per heavy atom. The number of rotatable bonds is 1. The lowest BCUT2D eigenvalue weighted by Gasteiger charge is -2.25. The summed E-state index contributed by atoms with van der Waals surface area (Å²) >= 11 is 0. The van der Waals surface area contributed by atoms with E-state index in [-0.39, 0.29) is 5.91 Å². The van der Waals surface area contributed by atoms with Crippen molar-refractivity contribution in [3.8, 4) is 17.6 Å². The van der Waals surface area contributed by atoms with E-state index in [1.807, 2.05) is 53.4 Å². The lowest BCUT2D eigenvalue weighted by atomic mass is 10.1. The molecule has 1 fully saturated rings. The Hall–Kier alpha value is -4.11. The highest BCUT2D eigenvalue weighted by Crippen LogP contribution is 2.37. The maximum atomic E-state index is 13.1. The number of para-hydroxylation sites is 3. The fourth-order valence-electron chi connectivity index (χ4n) is 4.15. The summed E-state index contributed by atoms with van der Waals surface area (Å²) in [6.45, 7) is 2.70. The third kappa shape index (κ3) is 3.81. The molecule has 0 spiro atoms. The summed E-state index contributed by atoms with van der Waals surface area (Å²) in [7, 11) is 0. The van der Waals surface area contributed by atoms with Crippen molar-refractivity contribution in [3.63, 3.8) is 0 Å². The lowest BCUT2D eigenvalue weighted by Crippen LogP contribution is -2.37. The van der Waals surface area contributed by atoms with Crippen molar-refractivity contribution in [1.82, 2.24) is 9.80 Å². The van der Waals surface area contributed by atoms with Gasteiger partial charge in [0.1, 0.15) is 17.3 Å². The van der Waals surface area contributed by atoms with E-state index in [0.717, 1.165) is 41.6 Å². The number of hydrogen-bond donors (Lipinski definition) is 0. The van der Waals surface area contributed by atoms with Crippen LogP contribution in [0.3, 0.4) is 0 Å². The summed E-state index contributed by atoms with van der Waals surface area (Å²) in [6, 6.07) is 24.7. The van der Waals surface area contributed by atoms with Crippen molar-refractivity contribution < 1.29 is 9.53 Å². The number of fused-ring (bicyclic) bond motifs is 2. The first-order chi connectivity index (χ1) is 15.7. The van der Waals surface area contributed by atoms with Crippen LogP contribution in [0.1, 0.15) is 27.9 Å². The summed E-state index contributed by atoms with van der Waals surface area (Å²) in [5, 5.41) is 9.15. The van der Waals surface area contributed by atoms with Crippen LogP contribution in [0.25, 0.3) is 0 Å². The standard InChI is InChI=1S/C26H22N4O2/c27-18-19-7-5-8-20(17-19)26(31)30-14-6-13-29(15-16-30)25-21-9-1-3-11-23(21)32-24-12-4-2-10-22(24)28-25/h1-5,7-12,17H,6,13-16H2. The molecule has 0 N–H and O–H groups in total. The molecule has 0 radical (unpaired) electrons. The molecular weight excluding hydrogens is 400 g/mol. The third-order valence-corrected chi connectivity index (χ3v) is 5.76. The number of amidine groups is 1. The summed E-state index contributed by atoms with van der Waals surface area (Å²) < 4.78 is 6.16. The second kappa shape index (κ2) is 8.56. The predicted octanol–water partition coefficient (Wildman–Crippen LogP) is 4.59. The van der Waals surface area contributed by atoms with Crippen LogP contribution in [0.5, 0.6) is 11.5 Å². The Kier molecular flexibility index (Phi) is 5.30. The van der Waals surface area contributed by atoms with Gasteiger partial charge in [-0.05, 0) is 48.9 Å². The van der Waals surface area contributed by atoms with Gasteiger partial charge < -0.3 is 14.5 Å². The molecule has 0 aliphatic carbocycles. The van der Waals surface area contributed by atoms with Crippen molar-refractivity contribution >= 4 is 17.4 Å². The number of aliphatic imine (C=N–C) groups is 1. The first-order valence-electron chi connectivity index (χ1n) is 10.7. The van der Waals surface area contributed by atoms with Crippen LogP contribution in [0.15, 0.2) is 77.8 Å². The molecule has 0 saturated carbocycles. The number of carbonyl (C=O) groups is 1. The Balaban J connectivity index is 1.42. The Bertz CT molecular complexity index is 1240. The molecule has 3 aromatic carbocycles. The molecule has 2 aliphatic heterocycles. The highest BCUT2D eigenvalue weighted by Gasteiger charge is 2.26. The number of nitriles is 1. The molecule has 6 heteroatoms. The molecule has 0 bridgehead atoms. The Morgan fingerprint density at radius 2 is 1.72 bits per heavy atom. The topological polar surface area (TPSA) is 68.9 Å². The Morgan fingerprint density at radius 3 is 2.59 bits per heavy atom. The SMILES string of the molecule is N#Cc1cccc(C(=O)N2CCCN(C3=Nc4ccccc4Oc4ccccc43)CC2)c1. The minimum absolute atomic E-state index is 0.0409. The first kappa shape index (κ1) is 19.8. The molecule has 0 aromatic heterocycles. The molecule has 1 amide bonds. The van der Waals surface area contributed by atoms with Gasteiger partial charge in [0.05, 0.1) is 17.2 Å². The van der Waals surface area contributed by atoms with Crippen LogP contribution < -0.4 is 4.74 Å². The number of hydrogen-bond acceptors (Lipinski definition) is 5. The maximum Gasteiger partial charge on any atom is 0.253 e. The van der Waals surface area contributed by atoms with Gasteiger partial charge in [0.15, 0.2) is 5.75 Å². The molecule has 0 atom stereocenters. The number of ether oxygens (including phenoxy) is 1. The van der Waals surface area contributed by atoms with Crippen molar-refractivity contribution in [2.75, 3.05) is 26.2 Å². The summed E-state index contributed by atoms with van der Waals surface area (Å²) in [6.07, 6.45) is 0.827. The zero-order valence-electron chi connectivity index (χ0n) is 17.6. The molecule has 158 valence electrons. The van der Waals surface area contributed by atoms with Crippen molar-refractivity contribution in [2.45, 2.75) is 6.42 Å². The molecular formula is C26H22N4O2. The highest BCUT2D eigenvalue weighted by atomic mass is 16.5. The van der Waals surface area contributed by atoms with Crippen molar-refractivity contribution in [2.24, 2.45) is 4.99 Å². The normalized spacial score (nSPS) is 15.3. The number of carbonyl (C=O) groups excluding carboxylic acids is 1. The fraction of sp³-hybridized carbons (Fsp3) is 0.192. The monoisotopic (exact) mass is 422 g/mol. The van der Waals surface area contributed by atoms with Gasteiger partial charge in [-0.1, -0.05) is 30.3 Å². The van der Waals surface area contributed by atoms with E-state index in [0.29, 0.717) is 30.8 Å². The second-order valence-electron chi connectivity index (χ2n) is 7.83. The lowest BCUT2D eigenvalue weighted by molar-refractivity contribution is 0.0764. The van der Waals surface area contributed by atoms with E-state index in [2.05, 4.69) is 11.0 Å². The molecule has 6 nitrogen and oxygen atoms in total. The summed E-state index contributed by atoms with van der Waals surface area (Å²) in [5.74, 6) is 2.34. The molecule has 32 heavy (non-hydrogen) atoms. The van der Waals surface area contributed by atoms with Crippen LogP contribution in [0.2, 0.25) is 0 Å². The maximum absolute atomic E-state index is 13.1. The average Bonchev–Trinajstić information content (AvgIpc) is 3.18. The second-order valence-corrected chi connectivity index (χ2v) is 7.83. The van der Waals surface area contributed by atoms with Gasteiger partial charge in [0, 0.05) is 31.7 Å². The van der Waals surface area contributed by atoms with Gasteiger partial charge in [-0.2, -0.15) is 5.26 Å². The quantitative estimate of drug-likeness (QED) is 0.575. The van der Waals surface area contributed by atoms with E-state index >= 15 is 0 Å². The highest BCUT2D eigenvalue weighted by molar-refractivity contribution is 6.03. The van der Waals surface area contributed by atoms with E-state index in [9.17, 15) is 4.79 Å². The van der Waals surface area contributed by atoms with Gasteiger partial charge in [0.25, 0.3) is 5.91 Å². The molecule has 0 unspecified atom stereocenters. The predicted molar refractivity (Wildman–Crippen MR) is 122 cm³/mol. The number of amides is 1. The van der Waals surface area contributed by atoms with Crippen LogP contribution in [-0.2, 0) is 0 Å². The molecule has 3 aromatic rings. The molecule has 1 saturated heterocycles.